The van der Waals surface area contributed by atoms with Gasteiger partial charge >= 0.3 is 0 Å². The minimum Gasteiger partial charge on any atom is -0.271 e. The number of benzene rings is 1. The van der Waals surface area contributed by atoms with E-state index in [1.807, 2.05) is 19.2 Å². The maximum Gasteiger partial charge on any atom is 0.0904 e. The molecule has 1 aromatic heterocycles. The van der Waals surface area contributed by atoms with Crippen LogP contribution in [0.5, 0.6) is 0 Å². The summed E-state index contributed by atoms with van der Waals surface area (Å²) in [6.07, 6.45) is 1.71. The minimum atomic E-state index is -0.293. The van der Waals surface area contributed by atoms with E-state index in [-0.39, 0.29) is 6.04 Å². The van der Waals surface area contributed by atoms with Gasteiger partial charge in [-0.3, -0.25) is 10.5 Å². The van der Waals surface area contributed by atoms with Crippen LogP contribution in [0.1, 0.15) is 17.3 Å². The highest BCUT2D eigenvalue weighted by atomic mass is 79.9. The second-order valence-electron chi connectivity index (χ2n) is 3.74. The number of nitrogens with one attached hydrogen (secondary N) is 1. The van der Waals surface area contributed by atoms with E-state index >= 15 is 0 Å². The van der Waals surface area contributed by atoms with Gasteiger partial charge in [0.15, 0.2) is 0 Å². The van der Waals surface area contributed by atoms with Gasteiger partial charge in [-0.25, -0.2) is 5.43 Å². The smallest absolute Gasteiger partial charge is 0.0904 e. The van der Waals surface area contributed by atoms with Crippen molar-refractivity contribution in [3.63, 3.8) is 0 Å². The number of nitrogens with two attached hydrogens (primary N) is 1. The first kappa shape index (κ1) is 13.8. The zero-order valence-electron chi connectivity index (χ0n) is 9.49. The molecular formula is C11H11BrCl2N4. The molecule has 1 aromatic carbocycles. The average Bonchev–Trinajstić information content (AvgIpc) is 2.67. The zero-order valence-corrected chi connectivity index (χ0v) is 12.6. The average molecular weight is 350 g/mol. The summed E-state index contributed by atoms with van der Waals surface area (Å²) in [4.78, 5) is 0. The van der Waals surface area contributed by atoms with Crippen LogP contribution in [0.25, 0.3) is 0 Å². The van der Waals surface area contributed by atoms with Gasteiger partial charge < -0.3 is 0 Å². The Hall–Kier alpha value is -0.590. The van der Waals surface area contributed by atoms with Gasteiger partial charge in [-0.1, -0.05) is 35.3 Å². The first-order valence-corrected chi connectivity index (χ1v) is 6.68. The number of aryl methyl sites for hydroxylation is 1. The fraction of sp³-hybridized carbons (Fsp3) is 0.182. The van der Waals surface area contributed by atoms with Gasteiger partial charge in [0.05, 0.1) is 32.5 Å². The lowest BCUT2D eigenvalue weighted by molar-refractivity contribution is 0.573. The van der Waals surface area contributed by atoms with Gasteiger partial charge in [-0.15, -0.1) is 0 Å². The molecule has 0 amide bonds. The first-order chi connectivity index (χ1) is 8.56. The summed E-state index contributed by atoms with van der Waals surface area (Å²) in [6.45, 7) is 0. The fourth-order valence-electron chi connectivity index (χ4n) is 1.80. The van der Waals surface area contributed by atoms with E-state index in [1.54, 1.807) is 16.9 Å². The van der Waals surface area contributed by atoms with Crippen LogP contribution in [0.4, 0.5) is 0 Å². The summed E-state index contributed by atoms with van der Waals surface area (Å²) in [6, 6.07) is 5.15. The molecule has 0 aliphatic carbocycles. The topological polar surface area (TPSA) is 55.9 Å². The van der Waals surface area contributed by atoms with Crippen LogP contribution in [-0.4, -0.2) is 9.78 Å². The highest BCUT2D eigenvalue weighted by Gasteiger charge is 2.22. The molecular weight excluding hydrogens is 339 g/mol. The molecule has 0 aliphatic rings. The highest BCUT2D eigenvalue weighted by Crippen LogP contribution is 2.34. The maximum absolute atomic E-state index is 6.22. The van der Waals surface area contributed by atoms with E-state index in [9.17, 15) is 0 Å². The minimum absolute atomic E-state index is 0.293. The summed E-state index contributed by atoms with van der Waals surface area (Å²) in [5, 5.41) is 5.14. The van der Waals surface area contributed by atoms with Crippen molar-refractivity contribution in [2.75, 3.05) is 0 Å². The van der Waals surface area contributed by atoms with E-state index < -0.39 is 0 Å². The van der Waals surface area contributed by atoms with Crippen molar-refractivity contribution in [3.8, 4) is 0 Å². The van der Waals surface area contributed by atoms with E-state index in [2.05, 4.69) is 26.5 Å². The molecule has 7 heteroatoms. The Morgan fingerprint density at radius 3 is 2.72 bits per heavy atom. The van der Waals surface area contributed by atoms with Gasteiger partial charge in [0, 0.05) is 7.05 Å². The monoisotopic (exact) mass is 348 g/mol. The SMILES string of the molecule is Cn1ncc(Br)c1C(NN)c1cccc(Cl)c1Cl. The molecule has 0 saturated heterocycles. The first-order valence-electron chi connectivity index (χ1n) is 5.13. The number of hydrazine groups is 1. The Morgan fingerprint density at radius 1 is 1.44 bits per heavy atom. The van der Waals surface area contributed by atoms with E-state index in [0.717, 1.165) is 15.7 Å². The summed E-state index contributed by atoms with van der Waals surface area (Å²) in [5.41, 5.74) is 4.41. The van der Waals surface area contributed by atoms with Crippen LogP contribution in [-0.2, 0) is 7.05 Å². The second kappa shape index (κ2) is 5.59. The Morgan fingerprint density at radius 2 is 2.17 bits per heavy atom. The summed E-state index contributed by atoms with van der Waals surface area (Å²) < 4.78 is 2.58. The van der Waals surface area contributed by atoms with Gasteiger partial charge in [-0.2, -0.15) is 5.10 Å². The van der Waals surface area contributed by atoms with Crippen LogP contribution in [0, 0.1) is 0 Å². The summed E-state index contributed by atoms with van der Waals surface area (Å²) in [5.74, 6) is 5.64. The van der Waals surface area contributed by atoms with Gasteiger partial charge in [0.1, 0.15) is 0 Å². The molecule has 1 atom stereocenters. The van der Waals surface area contributed by atoms with Crippen molar-refractivity contribution in [1.82, 2.24) is 15.2 Å². The lowest BCUT2D eigenvalue weighted by atomic mass is 10.0. The Labute approximate surface area is 123 Å². The van der Waals surface area contributed by atoms with E-state index in [0.29, 0.717) is 10.0 Å². The fourth-order valence-corrected chi connectivity index (χ4v) is 2.80. The third-order valence-corrected chi connectivity index (χ3v) is 4.11. The zero-order chi connectivity index (χ0) is 13.3. The predicted molar refractivity (Wildman–Crippen MR) is 76.5 cm³/mol. The molecule has 96 valence electrons. The van der Waals surface area contributed by atoms with Crippen LogP contribution in [0.2, 0.25) is 10.0 Å². The Kier molecular flexibility index (Phi) is 4.29. The second-order valence-corrected chi connectivity index (χ2v) is 5.38. The molecule has 2 rings (SSSR count). The molecule has 2 aromatic rings. The summed E-state index contributed by atoms with van der Waals surface area (Å²) in [7, 11) is 1.84. The number of halogens is 3. The van der Waals surface area contributed by atoms with Gasteiger partial charge in [0.25, 0.3) is 0 Å². The standard InChI is InChI=1S/C11H11BrCl2N4/c1-18-11(7(12)5-16-18)10(17-15)6-3-2-4-8(13)9(6)14/h2-5,10,17H,15H2,1H3. The quantitative estimate of drug-likeness (QED) is 0.661. The van der Waals surface area contributed by atoms with Crippen molar-refractivity contribution in [2.45, 2.75) is 6.04 Å². The molecule has 0 bridgehead atoms. The molecule has 1 unspecified atom stereocenters. The van der Waals surface area contributed by atoms with Crippen LogP contribution in [0.15, 0.2) is 28.9 Å². The van der Waals surface area contributed by atoms with Crippen molar-refractivity contribution < 1.29 is 0 Å². The Bertz CT molecular complexity index is 551. The third-order valence-electron chi connectivity index (χ3n) is 2.67. The molecule has 3 N–H and O–H groups in total. The lowest BCUT2D eigenvalue weighted by Crippen LogP contribution is -2.30. The molecule has 18 heavy (non-hydrogen) atoms. The number of aromatic nitrogens is 2. The largest absolute Gasteiger partial charge is 0.271 e. The van der Waals surface area contributed by atoms with E-state index in [4.69, 9.17) is 29.0 Å². The molecule has 0 radical (unpaired) electrons. The number of rotatable bonds is 3. The van der Waals surface area contributed by atoms with Crippen molar-refractivity contribution >= 4 is 39.1 Å². The predicted octanol–water partition coefficient (Wildman–Crippen LogP) is 3.04. The molecule has 0 saturated carbocycles. The Balaban J connectivity index is 2.56. The third kappa shape index (κ3) is 2.41. The van der Waals surface area contributed by atoms with Crippen LogP contribution in [0.3, 0.4) is 0 Å². The number of hydrogen-bond donors (Lipinski definition) is 2. The normalized spacial score (nSPS) is 12.7. The number of nitrogens with zero attached hydrogens (tertiary/aromatic N) is 2. The molecule has 0 fully saturated rings. The van der Waals surface area contributed by atoms with Crippen molar-refractivity contribution in [3.05, 3.63) is 50.2 Å². The van der Waals surface area contributed by atoms with Gasteiger partial charge in [0.2, 0.25) is 0 Å². The van der Waals surface area contributed by atoms with E-state index in [1.165, 1.54) is 0 Å². The maximum atomic E-state index is 6.22. The van der Waals surface area contributed by atoms with Crippen LogP contribution < -0.4 is 11.3 Å². The molecule has 1 heterocycles. The molecule has 0 aliphatic heterocycles. The van der Waals surface area contributed by atoms with Crippen LogP contribution >= 0.6 is 39.1 Å². The van der Waals surface area contributed by atoms with Crippen molar-refractivity contribution in [2.24, 2.45) is 12.9 Å². The molecule has 4 nitrogen and oxygen atoms in total. The number of hydrogen-bond acceptors (Lipinski definition) is 3. The summed E-state index contributed by atoms with van der Waals surface area (Å²) >= 11 is 15.7. The van der Waals surface area contributed by atoms with Gasteiger partial charge in [-0.05, 0) is 27.6 Å². The molecule has 0 spiro atoms. The lowest BCUT2D eigenvalue weighted by Gasteiger charge is -2.19. The van der Waals surface area contributed by atoms with Crippen molar-refractivity contribution in [1.29, 1.82) is 0 Å². The highest BCUT2D eigenvalue weighted by molar-refractivity contribution is 9.10.